The molecule has 7 nitrogen and oxygen atoms in total. The van der Waals surface area contributed by atoms with Crippen molar-refractivity contribution in [3.8, 4) is 0 Å². The second-order valence-electron chi connectivity index (χ2n) is 7.28. The molecule has 0 fully saturated rings. The van der Waals surface area contributed by atoms with Crippen molar-refractivity contribution in [3.63, 3.8) is 0 Å². The van der Waals surface area contributed by atoms with Gasteiger partial charge in [0, 0.05) is 20.1 Å². The number of aryl methyl sites for hydroxylation is 2. The summed E-state index contributed by atoms with van der Waals surface area (Å²) in [5, 5.41) is 0.511. The molecule has 0 aliphatic carbocycles. The van der Waals surface area contributed by atoms with Gasteiger partial charge in [-0.3, -0.25) is 19.0 Å². The van der Waals surface area contributed by atoms with E-state index in [1.165, 1.54) is 15.8 Å². The number of hydrogen-bond donors (Lipinski definition) is 0. The van der Waals surface area contributed by atoms with E-state index >= 15 is 0 Å². The van der Waals surface area contributed by atoms with E-state index in [1.807, 2.05) is 43.3 Å². The molecule has 0 saturated heterocycles. The summed E-state index contributed by atoms with van der Waals surface area (Å²) in [5.74, 6) is -0.826. The fourth-order valence-electron chi connectivity index (χ4n) is 3.26. The van der Waals surface area contributed by atoms with Crippen LogP contribution < -0.4 is 5.56 Å². The average Bonchev–Trinajstić information content (AvgIpc) is 2.74. The maximum Gasteiger partial charge on any atom is 0.308 e. The minimum Gasteiger partial charge on any atom is -0.452 e. The van der Waals surface area contributed by atoms with E-state index in [0.29, 0.717) is 17.4 Å². The number of esters is 1. The first kappa shape index (κ1) is 21.2. The molecule has 30 heavy (non-hydrogen) atoms. The van der Waals surface area contributed by atoms with Gasteiger partial charge in [-0.1, -0.05) is 42.5 Å². The van der Waals surface area contributed by atoms with Gasteiger partial charge in [0.15, 0.2) is 6.10 Å². The zero-order valence-electron chi connectivity index (χ0n) is 17.4. The van der Waals surface area contributed by atoms with Crippen molar-refractivity contribution in [2.24, 2.45) is 0 Å². The number of fused-ring (bicyclic) bond motifs is 1. The van der Waals surface area contributed by atoms with Gasteiger partial charge in [-0.15, -0.1) is 0 Å². The second kappa shape index (κ2) is 9.35. The molecule has 0 spiro atoms. The fourth-order valence-corrected chi connectivity index (χ4v) is 3.26. The van der Waals surface area contributed by atoms with Crippen molar-refractivity contribution in [2.45, 2.75) is 39.5 Å². The lowest BCUT2D eigenvalue weighted by molar-refractivity contribution is -0.158. The van der Waals surface area contributed by atoms with Crippen molar-refractivity contribution >= 4 is 22.8 Å². The van der Waals surface area contributed by atoms with Crippen LogP contribution in [0.15, 0.2) is 59.7 Å². The van der Waals surface area contributed by atoms with Crippen LogP contribution in [0.2, 0.25) is 0 Å². The summed E-state index contributed by atoms with van der Waals surface area (Å²) in [7, 11) is 1.67. The predicted octanol–water partition coefficient (Wildman–Crippen LogP) is 2.69. The third kappa shape index (κ3) is 4.92. The Morgan fingerprint density at radius 2 is 1.87 bits per heavy atom. The number of carbonyl (C=O) groups is 2. The van der Waals surface area contributed by atoms with Crippen molar-refractivity contribution < 1.29 is 14.3 Å². The largest absolute Gasteiger partial charge is 0.452 e. The van der Waals surface area contributed by atoms with Gasteiger partial charge in [0.05, 0.1) is 23.7 Å². The van der Waals surface area contributed by atoms with E-state index in [9.17, 15) is 14.4 Å². The highest BCUT2D eigenvalue weighted by Gasteiger charge is 2.21. The van der Waals surface area contributed by atoms with E-state index in [-0.39, 0.29) is 24.4 Å². The Bertz CT molecular complexity index is 1110. The van der Waals surface area contributed by atoms with E-state index < -0.39 is 12.1 Å². The molecule has 1 amide bonds. The third-order valence-electron chi connectivity index (χ3n) is 4.91. The van der Waals surface area contributed by atoms with Crippen LogP contribution in [0, 0.1) is 6.92 Å². The number of aromatic nitrogens is 2. The number of likely N-dealkylation sites (N-methyl/N-ethyl adjacent to an activating group) is 1. The summed E-state index contributed by atoms with van der Waals surface area (Å²) < 4.78 is 6.66. The van der Waals surface area contributed by atoms with Crippen molar-refractivity contribution in [1.29, 1.82) is 0 Å². The predicted molar refractivity (Wildman–Crippen MR) is 114 cm³/mol. The molecule has 156 valence electrons. The van der Waals surface area contributed by atoms with Gasteiger partial charge < -0.3 is 9.64 Å². The lowest BCUT2D eigenvalue weighted by Gasteiger charge is -2.21. The molecule has 0 saturated carbocycles. The molecule has 1 heterocycles. The normalized spacial score (nSPS) is 11.8. The molecule has 3 rings (SSSR count). The quantitative estimate of drug-likeness (QED) is 0.563. The van der Waals surface area contributed by atoms with Crippen LogP contribution in [0.4, 0.5) is 0 Å². The van der Waals surface area contributed by atoms with Gasteiger partial charge in [-0.25, -0.2) is 4.98 Å². The minimum absolute atomic E-state index is 0.0288. The standard InChI is InChI=1S/C23H25N3O4/c1-16-8-7-11-19-21(16)24-15-26(23(19)29)13-12-20(27)30-17(2)22(28)25(3)14-18-9-5-4-6-10-18/h4-11,15,17H,12-14H2,1-3H3. The summed E-state index contributed by atoms with van der Waals surface area (Å²) in [6.45, 7) is 4.01. The number of amides is 1. The Hall–Kier alpha value is -3.48. The van der Waals surface area contributed by atoms with Crippen LogP contribution in [0.1, 0.15) is 24.5 Å². The number of rotatable bonds is 7. The van der Waals surface area contributed by atoms with E-state index in [1.54, 1.807) is 26.1 Å². The first-order chi connectivity index (χ1) is 14.4. The second-order valence-corrected chi connectivity index (χ2v) is 7.28. The average molecular weight is 407 g/mol. The molecule has 1 aromatic heterocycles. The first-order valence-electron chi connectivity index (χ1n) is 9.80. The zero-order chi connectivity index (χ0) is 21.7. The van der Waals surface area contributed by atoms with Crippen LogP contribution in [-0.2, 0) is 27.4 Å². The molecular weight excluding hydrogens is 382 g/mol. The summed E-state index contributed by atoms with van der Waals surface area (Å²) in [4.78, 5) is 43.1. The number of para-hydroxylation sites is 1. The Balaban J connectivity index is 1.56. The lowest BCUT2D eigenvalue weighted by Crippen LogP contribution is -2.37. The van der Waals surface area contributed by atoms with Crippen molar-refractivity contribution in [1.82, 2.24) is 14.5 Å². The molecule has 0 N–H and O–H groups in total. The molecule has 0 radical (unpaired) electrons. The maximum absolute atomic E-state index is 12.6. The Morgan fingerprint density at radius 3 is 2.60 bits per heavy atom. The topological polar surface area (TPSA) is 81.5 Å². The van der Waals surface area contributed by atoms with E-state index in [4.69, 9.17) is 4.74 Å². The summed E-state index contributed by atoms with van der Waals surface area (Å²) in [5.41, 5.74) is 2.36. The molecule has 1 atom stereocenters. The SMILES string of the molecule is Cc1cccc2c(=O)n(CCC(=O)OC(C)C(=O)N(C)Cc3ccccc3)cnc12. The Labute approximate surface area is 174 Å². The van der Waals surface area contributed by atoms with Gasteiger partial charge in [0.25, 0.3) is 11.5 Å². The fraction of sp³-hybridized carbons (Fsp3) is 0.304. The van der Waals surface area contributed by atoms with Crippen LogP contribution in [0.5, 0.6) is 0 Å². The van der Waals surface area contributed by atoms with Gasteiger partial charge in [-0.2, -0.15) is 0 Å². The summed E-state index contributed by atoms with van der Waals surface area (Å²) >= 11 is 0. The van der Waals surface area contributed by atoms with Gasteiger partial charge in [0.1, 0.15) is 0 Å². The molecule has 1 unspecified atom stereocenters. The highest BCUT2D eigenvalue weighted by molar-refractivity contribution is 5.83. The zero-order valence-corrected chi connectivity index (χ0v) is 17.4. The molecule has 0 aliphatic heterocycles. The van der Waals surface area contributed by atoms with Crippen LogP contribution in [-0.4, -0.2) is 39.5 Å². The summed E-state index contributed by atoms with van der Waals surface area (Å²) in [6.07, 6.45) is 0.506. The van der Waals surface area contributed by atoms with Crippen LogP contribution in [0.3, 0.4) is 0 Å². The molecule has 0 aliphatic rings. The van der Waals surface area contributed by atoms with Crippen molar-refractivity contribution in [2.75, 3.05) is 7.05 Å². The van der Waals surface area contributed by atoms with E-state index in [0.717, 1.165) is 11.1 Å². The smallest absolute Gasteiger partial charge is 0.308 e. The van der Waals surface area contributed by atoms with Crippen molar-refractivity contribution in [3.05, 3.63) is 76.3 Å². The molecular formula is C23H25N3O4. The maximum atomic E-state index is 12.6. The molecule has 3 aromatic rings. The molecule has 2 aromatic carbocycles. The highest BCUT2D eigenvalue weighted by atomic mass is 16.5. The van der Waals surface area contributed by atoms with E-state index in [2.05, 4.69) is 4.98 Å². The Kier molecular flexibility index (Phi) is 6.61. The number of nitrogens with zero attached hydrogens (tertiary/aromatic N) is 3. The van der Waals surface area contributed by atoms with Gasteiger partial charge in [-0.05, 0) is 31.0 Å². The third-order valence-corrected chi connectivity index (χ3v) is 4.91. The summed E-state index contributed by atoms with van der Waals surface area (Å²) in [6, 6.07) is 15.0. The number of hydrogen-bond acceptors (Lipinski definition) is 5. The van der Waals surface area contributed by atoms with Crippen LogP contribution in [0.25, 0.3) is 10.9 Å². The number of benzene rings is 2. The highest BCUT2D eigenvalue weighted by Crippen LogP contribution is 2.11. The van der Waals surface area contributed by atoms with Gasteiger partial charge in [0.2, 0.25) is 0 Å². The number of ether oxygens (including phenoxy) is 1. The van der Waals surface area contributed by atoms with Crippen LogP contribution >= 0.6 is 0 Å². The molecule has 7 heteroatoms. The minimum atomic E-state index is -0.902. The lowest BCUT2D eigenvalue weighted by atomic mass is 10.1. The first-order valence-corrected chi connectivity index (χ1v) is 9.80. The van der Waals surface area contributed by atoms with Gasteiger partial charge >= 0.3 is 5.97 Å². The Morgan fingerprint density at radius 1 is 1.13 bits per heavy atom. The number of carbonyl (C=O) groups excluding carboxylic acids is 2. The molecule has 0 bridgehead atoms. The monoisotopic (exact) mass is 407 g/mol.